The standard InChI is InChI=1S/C63H41N3/c1-4-17-42(18-5-1)46-24-14-28-50(37-46)60-41-61(51-29-15-25-47(38-51)43-19-6-2-7-20-43)66-63(65-60)56-35-34-52(54-31-12-13-32-55(54)56)48-26-16-27-49(39-48)57-40-59(45-22-8-3-9-23-45)64-58-36-33-44-21-10-11-30-53(44)62(57)58/h1-41H. The van der Waals surface area contributed by atoms with Crippen LogP contribution in [0, 0.1) is 0 Å². The van der Waals surface area contributed by atoms with Crippen molar-refractivity contribution in [1.29, 1.82) is 0 Å². The summed E-state index contributed by atoms with van der Waals surface area (Å²) in [7, 11) is 0. The monoisotopic (exact) mass is 839 g/mol. The first kappa shape index (κ1) is 38.9. The quantitative estimate of drug-likeness (QED) is 0.143. The lowest BCUT2D eigenvalue weighted by Gasteiger charge is -2.16. The minimum atomic E-state index is 0.679. The van der Waals surface area contributed by atoms with Crippen molar-refractivity contribution in [1.82, 2.24) is 15.0 Å². The minimum absolute atomic E-state index is 0.679. The van der Waals surface area contributed by atoms with Crippen molar-refractivity contribution in [3.8, 4) is 89.7 Å². The molecule has 10 aromatic carbocycles. The van der Waals surface area contributed by atoms with Crippen LogP contribution in [0.2, 0.25) is 0 Å². The van der Waals surface area contributed by atoms with Gasteiger partial charge in [-0.25, -0.2) is 15.0 Å². The van der Waals surface area contributed by atoms with E-state index < -0.39 is 0 Å². The molecule has 0 radical (unpaired) electrons. The molecule has 12 rings (SSSR count). The molecule has 66 heavy (non-hydrogen) atoms. The summed E-state index contributed by atoms with van der Waals surface area (Å²) >= 11 is 0. The lowest BCUT2D eigenvalue weighted by atomic mass is 9.90. The topological polar surface area (TPSA) is 38.7 Å². The van der Waals surface area contributed by atoms with Gasteiger partial charge in [-0.05, 0) is 109 Å². The molecule has 0 aliphatic carbocycles. The van der Waals surface area contributed by atoms with Gasteiger partial charge in [0.1, 0.15) is 0 Å². The van der Waals surface area contributed by atoms with Gasteiger partial charge < -0.3 is 0 Å². The first-order valence-corrected chi connectivity index (χ1v) is 22.4. The van der Waals surface area contributed by atoms with E-state index in [9.17, 15) is 0 Å². The lowest BCUT2D eigenvalue weighted by Crippen LogP contribution is -1.97. The van der Waals surface area contributed by atoms with Crippen LogP contribution in [-0.2, 0) is 0 Å². The van der Waals surface area contributed by atoms with Gasteiger partial charge >= 0.3 is 0 Å². The summed E-state index contributed by atoms with van der Waals surface area (Å²) in [5.41, 5.74) is 17.0. The van der Waals surface area contributed by atoms with Crippen LogP contribution >= 0.6 is 0 Å². The second-order valence-corrected chi connectivity index (χ2v) is 16.7. The van der Waals surface area contributed by atoms with Crippen LogP contribution in [-0.4, -0.2) is 15.0 Å². The van der Waals surface area contributed by atoms with Gasteiger partial charge in [0.15, 0.2) is 5.82 Å². The second-order valence-electron chi connectivity index (χ2n) is 16.7. The summed E-state index contributed by atoms with van der Waals surface area (Å²) in [6.07, 6.45) is 0. The molecule has 0 unspecified atom stereocenters. The molecule has 0 bridgehead atoms. The van der Waals surface area contributed by atoms with Gasteiger partial charge in [0, 0.05) is 27.6 Å². The number of hydrogen-bond donors (Lipinski definition) is 0. The number of rotatable bonds is 8. The Hall–Kier alpha value is -8.79. The van der Waals surface area contributed by atoms with Crippen LogP contribution in [0.15, 0.2) is 249 Å². The summed E-state index contributed by atoms with van der Waals surface area (Å²) in [4.78, 5) is 16.0. The maximum Gasteiger partial charge on any atom is 0.161 e. The van der Waals surface area contributed by atoms with Gasteiger partial charge in [0.05, 0.1) is 22.6 Å². The fraction of sp³-hybridized carbons (Fsp3) is 0. The average Bonchev–Trinajstić information content (AvgIpc) is 3.41. The third kappa shape index (κ3) is 7.29. The second kappa shape index (κ2) is 16.7. The summed E-state index contributed by atoms with van der Waals surface area (Å²) in [5, 5.41) is 5.76. The van der Waals surface area contributed by atoms with Gasteiger partial charge in [0.25, 0.3) is 0 Å². The molecule has 0 amide bonds. The summed E-state index contributed by atoms with van der Waals surface area (Å²) in [5.74, 6) is 0.679. The molecule has 0 N–H and O–H groups in total. The number of hydrogen-bond acceptors (Lipinski definition) is 3. The Bertz CT molecular complexity index is 3650. The Labute approximate surface area is 384 Å². The van der Waals surface area contributed by atoms with Crippen LogP contribution in [0.25, 0.3) is 122 Å². The highest BCUT2D eigenvalue weighted by atomic mass is 14.9. The third-order valence-electron chi connectivity index (χ3n) is 12.7. The summed E-state index contributed by atoms with van der Waals surface area (Å²) in [6.45, 7) is 0. The Morgan fingerprint density at radius 2 is 0.667 bits per heavy atom. The van der Waals surface area contributed by atoms with E-state index in [-0.39, 0.29) is 0 Å². The van der Waals surface area contributed by atoms with Gasteiger partial charge in [0.2, 0.25) is 0 Å². The highest BCUT2D eigenvalue weighted by molar-refractivity contribution is 6.14. The number of aromatic nitrogens is 3. The molecule has 12 aromatic rings. The number of benzene rings is 10. The van der Waals surface area contributed by atoms with Crippen molar-refractivity contribution < 1.29 is 0 Å². The van der Waals surface area contributed by atoms with Crippen LogP contribution in [0.3, 0.4) is 0 Å². The molecule has 2 heterocycles. The first-order chi connectivity index (χ1) is 32.7. The number of nitrogens with zero attached hydrogens (tertiary/aromatic N) is 3. The Balaban J connectivity index is 1.02. The maximum absolute atomic E-state index is 5.39. The molecule has 3 heteroatoms. The van der Waals surface area contributed by atoms with E-state index in [0.717, 1.165) is 106 Å². The van der Waals surface area contributed by atoms with E-state index in [2.05, 4.69) is 249 Å². The molecular formula is C63H41N3. The molecule has 0 spiro atoms. The SMILES string of the molecule is c1ccc(-c2cccc(-c3cc(-c4cccc(-c5ccccc5)c4)nc(-c4ccc(-c5cccc(-c6cc(-c7ccccc7)nc7ccc8ccccc8c67)c5)c5ccccc45)n3)c2)cc1. The molecule has 2 aromatic heterocycles. The zero-order chi connectivity index (χ0) is 43.8. The fourth-order valence-corrected chi connectivity index (χ4v) is 9.43. The smallest absolute Gasteiger partial charge is 0.161 e. The summed E-state index contributed by atoms with van der Waals surface area (Å²) < 4.78 is 0. The Morgan fingerprint density at radius 1 is 0.227 bits per heavy atom. The predicted molar refractivity (Wildman–Crippen MR) is 276 cm³/mol. The van der Waals surface area contributed by atoms with Crippen LogP contribution in [0.5, 0.6) is 0 Å². The van der Waals surface area contributed by atoms with E-state index >= 15 is 0 Å². The van der Waals surface area contributed by atoms with Crippen molar-refractivity contribution in [3.05, 3.63) is 249 Å². The number of fused-ring (bicyclic) bond motifs is 4. The van der Waals surface area contributed by atoms with E-state index in [1.807, 2.05) is 0 Å². The van der Waals surface area contributed by atoms with Gasteiger partial charge in [-0.3, -0.25) is 0 Å². The molecule has 0 atom stereocenters. The van der Waals surface area contributed by atoms with Gasteiger partial charge in [-0.2, -0.15) is 0 Å². The molecule has 0 saturated carbocycles. The van der Waals surface area contributed by atoms with Crippen molar-refractivity contribution in [2.24, 2.45) is 0 Å². The van der Waals surface area contributed by atoms with Gasteiger partial charge in [-0.1, -0.05) is 206 Å². The Kier molecular flexibility index (Phi) is 9.85. The third-order valence-corrected chi connectivity index (χ3v) is 12.7. The summed E-state index contributed by atoms with van der Waals surface area (Å²) in [6, 6.07) is 88.2. The van der Waals surface area contributed by atoms with Gasteiger partial charge in [-0.15, -0.1) is 0 Å². The fourth-order valence-electron chi connectivity index (χ4n) is 9.43. The van der Waals surface area contributed by atoms with Crippen molar-refractivity contribution >= 4 is 32.4 Å². The van der Waals surface area contributed by atoms with Crippen molar-refractivity contribution in [2.75, 3.05) is 0 Å². The van der Waals surface area contributed by atoms with Crippen LogP contribution in [0.1, 0.15) is 0 Å². The normalized spacial score (nSPS) is 11.3. The molecule has 0 aliphatic rings. The average molecular weight is 840 g/mol. The van der Waals surface area contributed by atoms with E-state index in [1.165, 1.54) is 10.8 Å². The molecule has 0 saturated heterocycles. The first-order valence-electron chi connectivity index (χ1n) is 22.4. The molecular weight excluding hydrogens is 799 g/mol. The predicted octanol–water partition coefficient (Wildman–Crippen LogP) is 16.7. The van der Waals surface area contributed by atoms with E-state index in [4.69, 9.17) is 15.0 Å². The largest absolute Gasteiger partial charge is 0.248 e. The zero-order valence-corrected chi connectivity index (χ0v) is 36.0. The van der Waals surface area contributed by atoms with Crippen LogP contribution in [0.4, 0.5) is 0 Å². The zero-order valence-electron chi connectivity index (χ0n) is 36.0. The highest BCUT2D eigenvalue weighted by Crippen LogP contribution is 2.41. The maximum atomic E-state index is 5.39. The lowest BCUT2D eigenvalue weighted by molar-refractivity contribution is 1.19. The van der Waals surface area contributed by atoms with E-state index in [0.29, 0.717) is 5.82 Å². The molecule has 0 aliphatic heterocycles. The Morgan fingerprint density at radius 3 is 1.29 bits per heavy atom. The molecule has 0 fully saturated rings. The minimum Gasteiger partial charge on any atom is -0.248 e. The molecule has 308 valence electrons. The highest BCUT2D eigenvalue weighted by Gasteiger charge is 2.18. The number of pyridine rings is 1. The van der Waals surface area contributed by atoms with Crippen molar-refractivity contribution in [3.63, 3.8) is 0 Å². The van der Waals surface area contributed by atoms with Crippen molar-refractivity contribution in [2.45, 2.75) is 0 Å². The van der Waals surface area contributed by atoms with Crippen LogP contribution < -0.4 is 0 Å². The molecule has 3 nitrogen and oxygen atoms in total. The van der Waals surface area contributed by atoms with E-state index in [1.54, 1.807) is 0 Å².